The minimum Gasteiger partial charge on any atom is -0.328 e. The Hall–Kier alpha value is -3.77. The second kappa shape index (κ2) is 6.93. The molecule has 1 aliphatic heterocycles. The minimum atomic E-state index is -0.246. The van der Waals surface area contributed by atoms with Crippen molar-refractivity contribution in [2.24, 2.45) is 0 Å². The first-order valence-electron chi connectivity index (χ1n) is 9.28. The maximum absolute atomic E-state index is 13.0. The zero-order valence-corrected chi connectivity index (χ0v) is 17.1. The summed E-state index contributed by atoms with van der Waals surface area (Å²) in [5, 5.41) is 17.6. The van der Waals surface area contributed by atoms with Crippen LogP contribution in [-0.4, -0.2) is 45.2 Å². The molecule has 0 bridgehead atoms. The lowest BCUT2D eigenvalue weighted by molar-refractivity contribution is -0.112. The number of thioether (sulfide) groups is 1. The monoisotopic (exact) mass is 415 g/mol. The third kappa shape index (κ3) is 2.65. The molecule has 30 heavy (non-hydrogen) atoms. The van der Waals surface area contributed by atoms with Gasteiger partial charge in [-0.3, -0.25) is 9.20 Å². The number of benzene rings is 2. The van der Waals surface area contributed by atoms with Gasteiger partial charge in [-0.05, 0) is 24.3 Å². The van der Waals surface area contributed by atoms with Crippen LogP contribution in [0.1, 0.15) is 0 Å². The molecule has 0 aliphatic carbocycles. The zero-order chi connectivity index (χ0) is 20.8. The standard InChI is InChI=1S/C21H17N7OS/c1-26-16-9-5-6-10-17(16)27(2)19(26)13(11-22)18(29)12-30-21-25-24-20-23-14-7-3-4-8-15(14)28(20)21/h3-10H,12H2,1-2H3,(H,23,24). The Morgan fingerprint density at radius 2 is 1.77 bits per heavy atom. The van der Waals surface area contributed by atoms with Gasteiger partial charge in [-0.2, -0.15) is 5.26 Å². The quantitative estimate of drug-likeness (QED) is 0.311. The second-order valence-corrected chi connectivity index (χ2v) is 7.84. The Balaban J connectivity index is 1.45. The summed E-state index contributed by atoms with van der Waals surface area (Å²) in [5.41, 5.74) is 3.82. The van der Waals surface area contributed by atoms with Crippen LogP contribution in [0.4, 0.5) is 11.4 Å². The lowest BCUT2D eigenvalue weighted by atomic mass is 10.2. The van der Waals surface area contributed by atoms with E-state index >= 15 is 0 Å². The number of aromatic amines is 1. The number of imidazole rings is 1. The molecule has 148 valence electrons. The van der Waals surface area contributed by atoms with Crippen LogP contribution < -0.4 is 9.80 Å². The van der Waals surface area contributed by atoms with Crippen molar-refractivity contribution in [2.45, 2.75) is 5.16 Å². The molecule has 0 saturated heterocycles. The molecule has 2 aromatic heterocycles. The first-order valence-corrected chi connectivity index (χ1v) is 10.3. The van der Waals surface area contributed by atoms with Crippen molar-refractivity contribution in [1.82, 2.24) is 19.6 Å². The topological polar surface area (TPSA) is 93.3 Å². The lowest BCUT2D eigenvalue weighted by Crippen LogP contribution is -2.26. The Morgan fingerprint density at radius 3 is 2.47 bits per heavy atom. The van der Waals surface area contributed by atoms with E-state index in [1.807, 2.05) is 76.8 Å². The van der Waals surface area contributed by atoms with E-state index in [0.29, 0.717) is 16.8 Å². The van der Waals surface area contributed by atoms with Gasteiger partial charge in [0.1, 0.15) is 17.5 Å². The molecule has 0 radical (unpaired) electrons. The van der Waals surface area contributed by atoms with Crippen LogP contribution in [0.25, 0.3) is 16.8 Å². The molecule has 0 unspecified atom stereocenters. The summed E-state index contributed by atoms with van der Waals surface area (Å²) in [6, 6.07) is 17.7. The van der Waals surface area contributed by atoms with Gasteiger partial charge in [0.15, 0.2) is 10.9 Å². The molecule has 0 fully saturated rings. The number of allylic oxidation sites excluding steroid dienone is 1. The number of anilines is 2. The number of ketones is 1. The van der Waals surface area contributed by atoms with Crippen molar-refractivity contribution in [1.29, 1.82) is 5.26 Å². The van der Waals surface area contributed by atoms with Crippen LogP contribution in [0.3, 0.4) is 0 Å². The van der Waals surface area contributed by atoms with Gasteiger partial charge >= 0.3 is 0 Å². The first-order chi connectivity index (χ1) is 14.6. The Bertz CT molecular complexity index is 1350. The number of Topliss-reactive ketones (excluding diaryl/α,β-unsaturated/α-hetero) is 1. The van der Waals surface area contributed by atoms with Crippen molar-refractivity contribution >= 4 is 45.7 Å². The third-order valence-corrected chi connectivity index (χ3v) is 6.13. The number of carbonyl (C=O) groups is 1. The van der Waals surface area contributed by atoms with Gasteiger partial charge in [0.25, 0.3) is 0 Å². The number of aromatic nitrogens is 4. The molecule has 8 nitrogen and oxygen atoms in total. The molecular formula is C21H17N7OS. The van der Waals surface area contributed by atoms with Crippen LogP contribution in [0.15, 0.2) is 65.1 Å². The highest BCUT2D eigenvalue weighted by molar-refractivity contribution is 7.99. The zero-order valence-electron chi connectivity index (χ0n) is 16.3. The highest BCUT2D eigenvalue weighted by Crippen LogP contribution is 2.40. The van der Waals surface area contributed by atoms with E-state index in [0.717, 1.165) is 22.4 Å². The number of carbonyl (C=O) groups excluding carboxylic acids is 1. The number of nitriles is 1. The van der Waals surface area contributed by atoms with E-state index in [2.05, 4.69) is 21.3 Å². The number of nitrogens with one attached hydrogen (secondary N) is 1. The number of para-hydroxylation sites is 4. The van der Waals surface area contributed by atoms with Crippen molar-refractivity contribution in [3.63, 3.8) is 0 Å². The molecule has 3 heterocycles. The molecule has 1 N–H and O–H groups in total. The van der Waals surface area contributed by atoms with Crippen LogP contribution in [0.5, 0.6) is 0 Å². The summed E-state index contributed by atoms with van der Waals surface area (Å²) in [6.07, 6.45) is 0. The molecule has 9 heteroatoms. The Labute approximate surface area is 176 Å². The number of H-pyrrole nitrogens is 1. The highest BCUT2D eigenvalue weighted by Gasteiger charge is 2.31. The summed E-state index contributed by atoms with van der Waals surface area (Å²) in [5.74, 6) is 1.06. The summed E-state index contributed by atoms with van der Waals surface area (Å²) in [4.78, 5) is 21.3. The van der Waals surface area contributed by atoms with Crippen molar-refractivity contribution in [2.75, 3.05) is 29.6 Å². The largest absolute Gasteiger partial charge is 0.328 e. The molecule has 5 rings (SSSR count). The SMILES string of the molecule is CN1C(=C(C#N)C(=O)CSc2n[nH]c3nc4ccccc4n23)N(C)c2ccccc21. The predicted molar refractivity (Wildman–Crippen MR) is 116 cm³/mol. The summed E-state index contributed by atoms with van der Waals surface area (Å²) in [6.45, 7) is 0. The molecular weight excluding hydrogens is 398 g/mol. The number of rotatable bonds is 4. The van der Waals surface area contributed by atoms with Gasteiger partial charge in [-0.25, -0.2) is 10.1 Å². The van der Waals surface area contributed by atoms with E-state index in [1.54, 1.807) is 0 Å². The molecule has 0 atom stereocenters. The van der Waals surface area contributed by atoms with Crippen molar-refractivity contribution < 1.29 is 4.79 Å². The van der Waals surface area contributed by atoms with Gasteiger partial charge < -0.3 is 9.80 Å². The molecule has 0 amide bonds. The fraction of sp³-hybridized carbons (Fsp3) is 0.143. The molecule has 1 aliphatic rings. The molecule has 4 aromatic rings. The van der Waals surface area contributed by atoms with Crippen LogP contribution in [0, 0.1) is 11.3 Å². The van der Waals surface area contributed by atoms with Gasteiger partial charge in [-0.15, -0.1) is 5.10 Å². The number of fused-ring (bicyclic) bond motifs is 4. The Kier molecular flexibility index (Phi) is 4.22. The van der Waals surface area contributed by atoms with E-state index in [4.69, 9.17) is 0 Å². The van der Waals surface area contributed by atoms with E-state index in [1.165, 1.54) is 11.8 Å². The van der Waals surface area contributed by atoms with E-state index in [-0.39, 0.29) is 17.1 Å². The summed E-state index contributed by atoms with van der Waals surface area (Å²) in [7, 11) is 3.73. The van der Waals surface area contributed by atoms with E-state index in [9.17, 15) is 10.1 Å². The maximum atomic E-state index is 13.0. The lowest BCUT2D eigenvalue weighted by Gasteiger charge is -2.19. The minimum absolute atomic E-state index is 0.0941. The first kappa shape index (κ1) is 18.3. The second-order valence-electron chi connectivity index (χ2n) is 6.89. The Morgan fingerprint density at radius 1 is 1.10 bits per heavy atom. The summed E-state index contributed by atoms with van der Waals surface area (Å²) < 4.78 is 1.89. The van der Waals surface area contributed by atoms with E-state index < -0.39 is 0 Å². The third-order valence-electron chi connectivity index (χ3n) is 5.19. The van der Waals surface area contributed by atoms with Crippen LogP contribution >= 0.6 is 11.8 Å². The number of hydrogen-bond donors (Lipinski definition) is 1. The fourth-order valence-corrected chi connectivity index (χ4v) is 4.63. The fourth-order valence-electron chi connectivity index (χ4n) is 3.80. The predicted octanol–water partition coefficient (Wildman–Crippen LogP) is 3.19. The molecule has 0 spiro atoms. The normalized spacial score (nSPS) is 13.2. The average molecular weight is 415 g/mol. The summed E-state index contributed by atoms with van der Waals surface area (Å²) >= 11 is 1.28. The smallest absolute Gasteiger partial charge is 0.231 e. The van der Waals surface area contributed by atoms with Crippen molar-refractivity contribution in [3.05, 3.63) is 59.9 Å². The van der Waals surface area contributed by atoms with Gasteiger partial charge in [0.2, 0.25) is 5.78 Å². The van der Waals surface area contributed by atoms with Crippen molar-refractivity contribution in [3.8, 4) is 6.07 Å². The van der Waals surface area contributed by atoms with Crippen LogP contribution in [-0.2, 0) is 4.79 Å². The average Bonchev–Trinajstić information content (AvgIpc) is 3.40. The van der Waals surface area contributed by atoms with Crippen LogP contribution in [0.2, 0.25) is 0 Å². The van der Waals surface area contributed by atoms with Gasteiger partial charge in [-0.1, -0.05) is 36.0 Å². The number of nitrogens with zero attached hydrogens (tertiary/aromatic N) is 6. The molecule has 2 aromatic carbocycles. The highest BCUT2D eigenvalue weighted by atomic mass is 32.2. The number of hydrogen-bond acceptors (Lipinski definition) is 7. The molecule has 0 saturated carbocycles. The van der Waals surface area contributed by atoms with Gasteiger partial charge in [0.05, 0.1) is 28.2 Å². The maximum Gasteiger partial charge on any atom is 0.231 e. The van der Waals surface area contributed by atoms with Gasteiger partial charge in [0, 0.05) is 14.1 Å².